The topological polar surface area (TPSA) is 52.6 Å². The molecule has 0 atom stereocenters. The Kier molecular flexibility index (Phi) is 4.42. The number of aryl methyl sites for hydroxylation is 1. The van der Waals surface area contributed by atoms with E-state index in [9.17, 15) is 0 Å². The molecule has 0 spiro atoms. The van der Waals surface area contributed by atoms with Crippen molar-refractivity contribution in [2.24, 2.45) is 0 Å². The molecule has 0 fully saturated rings. The fourth-order valence-corrected chi connectivity index (χ4v) is 2.51. The van der Waals surface area contributed by atoms with Gasteiger partial charge in [-0.1, -0.05) is 12.1 Å². The monoisotopic (exact) mass is 324 g/mol. The van der Waals surface area contributed by atoms with Gasteiger partial charge in [0.05, 0.1) is 25.4 Å². The van der Waals surface area contributed by atoms with E-state index < -0.39 is 0 Å². The Morgan fingerprint density at radius 2 is 1.67 bits per heavy atom. The molecule has 0 saturated carbocycles. The summed E-state index contributed by atoms with van der Waals surface area (Å²) in [5, 5.41) is 0.841. The van der Waals surface area contributed by atoms with Crippen molar-refractivity contribution in [2.45, 2.75) is 13.8 Å². The summed E-state index contributed by atoms with van der Waals surface area (Å²) in [4.78, 5) is 10.2. The summed E-state index contributed by atoms with van der Waals surface area (Å²) in [6.07, 6.45) is 1.70. The number of pyridine rings is 1. The van der Waals surface area contributed by atoms with Crippen LogP contribution in [0, 0.1) is 13.8 Å². The van der Waals surface area contributed by atoms with Crippen LogP contribution in [-0.4, -0.2) is 19.2 Å². The van der Waals surface area contributed by atoms with Crippen molar-refractivity contribution in [3.8, 4) is 17.2 Å². The van der Waals surface area contributed by atoms with Crippen LogP contribution in [0.2, 0.25) is 0 Å². The zero-order valence-electron chi connectivity index (χ0n) is 14.2. The number of ether oxygens (including phenoxy) is 2. The second-order valence-corrected chi connectivity index (χ2v) is 5.49. The fourth-order valence-electron chi connectivity index (χ4n) is 2.51. The Morgan fingerprint density at radius 1 is 0.917 bits per heavy atom. The smallest absolute Gasteiger partial charge is 0.166 e. The summed E-state index contributed by atoms with van der Waals surface area (Å²) in [5.41, 5.74) is 7.08. The van der Waals surface area contributed by atoms with Crippen LogP contribution in [0.5, 0.6) is 17.2 Å². The highest BCUT2D eigenvalue weighted by atomic mass is 16.6. The van der Waals surface area contributed by atoms with E-state index in [0.29, 0.717) is 17.2 Å². The van der Waals surface area contributed by atoms with Gasteiger partial charge in [0.1, 0.15) is 0 Å². The van der Waals surface area contributed by atoms with Gasteiger partial charge in [0.25, 0.3) is 0 Å². The lowest BCUT2D eigenvalue weighted by atomic mass is 10.1. The number of nitrogens with zero attached hydrogens (tertiary/aromatic N) is 1. The van der Waals surface area contributed by atoms with E-state index in [4.69, 9.17) is 14.3 Å². The van der Waals surface area contributed by atoms with Crippen molar-refractivity contribution in [1.82, 2.24) is 4.98 Å². The maximum absolute atomic E-state index is 5.83. The molecule has 1 aromatic heterocycles. The van der Waals surface area contributed by atoms with Crippen molar-refractivity contribution in [3.63, 3.8) is 0 Å². The van der Waals surface area contributed by atoms with Crippen molar-refractivity contribution in [2.75, 3.05) is 19.7 Å². The van der Waals surface area contributed by atoms with Crippen LogP contribution in [-0.2, 0) is 0 Å². The molecule has 1 N–H and O–H groups in total. The van der Waals surface area contributed by atoms with Gasteiger partial charge in [-0.15, -0.1) is 0 Å². The Bertz CT molecular complexity index is 878. The van der Waals surface area contributed by atoms with E-state index >= 15 is 0 Å². The van der Waals surface area contributed by atoms with Gasteiger partial charge < -0.3 is 14.3 Å². The highest BCUT2D eigenvalue weighted by molar-refractivity contribution is 5.88. The number of aromatic nitrogens is 1. The van der Waals surface area contributed by atoms with Gasteiger partial charge in [-0.2, -0.15) is 0 Å². The van der Waals surface area contributed by atoms with Gasteiger partial charge >= 0.3 is 0 Å². The normalized spacial score (nSPS) is 10.5. The molecule has 5 heteroatoms. The Morgan fingerprint density at radius 3 is 2.42 bits per heavy atom. The summed E-state index contributed by atoms with van der Waals surface area (Å²) in [6.45, 7) is 4.12. The molecule has 0 unspecified atom stereocenters. The number of hydrogen-bond acceptors (Lipinski definition) is 5. The minimum atomic E-state index is 0.634. The molecule has 0 bridgehead atoms. The predicted molar refractivity (Wildman–Crippen MR) is 95.0 cm³/mol. The average Bonchev–Trinajstić information content (AvgIpc) is 2.61. The Hall–Kier alpha value is -2.95. The third-order valence-corrected chi connectivity index (χ3v) is 4.08. The molecule has 0 amide bonds. The number of rotatable bonds is 5. The maximum Gasteiger partial charge on any atom is 0.166 e. The molecule has 5 nitrogen and oxygen atoms in total. The van der Waals surface area contributed by atoms with E-state index in [-0.39, 0.29) is 0 Å². The molecule has 3 rings (SSSR count). The minimum Gasteiger partial charge on any atom is -0.493 e. The van der Waals surface area contributed by atoms with Crippen LogP contribution in [0.1, 0.15) is 11.1 Å². The molecule has 124 valence electrons. The summed E-state index contributed by atoms with van der Waals surface area (Å²) in [5.74, 6) is 1.94. The molecule has 2 aromatic carbocycles. The lowest BCUT2D eigenvalue weighted by Crippen LogP contribution is -2.07. The summed E-state index contributed by atoms with van der Waals surface area (Å²) in [6, 6.07) is 11.5. The van der Waals surface area contributed by atoms with Gasteiger partial charge in [0.2, 0.25) is 0 Å². The maximum atomic E-state index is 5.83. The van der Waals surface area contributed by atoms with E-state index in [1.807, 2.05) is 30.3 Å². The number of nitrogens with one attached hydrogen (secondary N) is 1. The molecular weight excluding hydrogens is 304 g/mol. The number of fused-ring (bicyclic) bond motifs is 1. The third-order valence-electron chi connectivity index (χ3n) is 4.08. The van der Waals surface area contributed by atoms with E-state index in [0.717, 1.165) is 22.2 Å². The highest BCUT2D eigenvalue weighted by Gasteiger charge is 2.11. The average molecular weight is 324 g/mol. The van der Waals surface area contributed by atoms with Gasteiger partial charge in [-0.05, 0) is 37.1 Å². The SMILES string of the molecule is COc1cc2nccc(ONc3cccc(C)c3C)c2cc1OC. The fraction of sp³-hybridized carbons (Fsp3) is 0.211. The van der Waals surface area contributed by atoms with Crippen LogP contribution in [0.15, 0.2) is 42.6 Å². The van der Waals surface area contributed by atoms with E-state index in [1.54, 1.807) is 20.4 Å². The van der Waals surface area contributed by atoms with Crippen molar-refractivity contribution in [1.29, 1.82) is 0 Å². The quantitative estimate of drug-likeness (QED) is 0.710. The number of benzene rings is 2. The first-order valence-corrected chi connectivity index (χ1v) is 7.64. The molecule has 24 heavy (non-hydrogen) atoms. The first-order valence-electron chi connectivity index (χ1n) is 7.64. The summed E-state index contributed by atoms with van der Waals surface area (Å²) in [7, 11) is 3.21. The first kappa shape index (κ1) is 15.9. The number of anilines is 1. The Labute approximate surface area is 141 Å². The molecule has 3 aromatic rings. The molecular formula is C19H20N2O3. The molecule has 0 aliphatic carbocycles. The molecule has 1 heterocycles. The van der Waals surface area contributed by atoms with Gasteiger partial charge in [0, 0.05) is 23.7 Å². The van der Waals surface area contributed by atoms with E-state index in [1.165, 1.54) is 5.56 Å². The van der Waals surface area contributed by atoms with E-state index in [2.05, 4.69) is 30.4 Å². The molecule has 0 aliphatic rings. The summed E-state index contributed by atoms with van der Waals surface area (Å²) >= 11 is 0. The standard InChI is InChI=1S/C19H20N2O3/c1-12-6-5-7-15(13(12)2)21-24-17-8-9-20-16-11-19(23-4)18(22-3)10-14(16)17/h5-11,21H,1-4H3. The Balaban J connectivity index is 1.96. The van der Waals surface area contributed by atoms with Crippen molar-refractivity contribution >= 4 is 16.6 Å². The first-order chi connectivity index (χ1) is 11.6. The van der Waals surface area contributed by atoms with Crippen LogP contribution in [0.3, 0.4) is 0 Å². The lowest BCUT2D eigenvalue weighted by Gasteiger charge is -2.14. The zero-order valence-corrected chi connectivity index (χ0v) is 14.2. The lowest BCUT2D eigenvalue weighted by molar-refractivity contribution is 0.355. The van der Waals surface area contributed by atoms with Gasteiger partial charge in [-0.3, -0.25) is 4.98 Å². The highest BCUT2D eigenvalue weighted by Crippen LogP contribution is 2.35. The number of hydrogen-bond donors (Lipinski definition) is 1. The molecule has 0 saturated heterocycles. The van der Waals surface area contributed by atoms with Gasteiger partial charge in [0.15, 0.2) is 17.2 Å². The minimum absolute atomic E-state index is 0.634. The molecule has 0 radical (unpaired) electrons. The molecule has 0 aliphatic heterocycles. The van der Waals surface area contributed by atoms with Crippen LogP contribution < -0.4 is 19.8 Å². The van der Waals surface area contributed by atoms with Crippen molar-refractivity contribution in [3.05, 3.63) is 53.7 Å². The summed E-state index contributed by atoms with van der Waals surface area (Å²) < 4.78 is 10.7. The van der Waals surface area contributed by atoms with Crippen LogP contribution in [0.4, 0.5) is 5.69 Å². The third kappa shape index (κ3) is 2.93. The zero-order chi connectivity index (χ0) is 17.1. The second kappa shape index (κ2) is 6.66. The second-order valence-electron chi connectivity index (χ2n) is 5.49. The predicted octanol–water partition coefficient (Wildman–Crippen LogP) is 4.27. The van der Waals surface area contributed by atoms with Gasteiger partial charge in [-0.25, -0.2) is 5.48 Å². The van der Waals surface area contributed by atoms with Crippen molar-refractivity contribution < 1.29 is 14.3 Å². The largest absolute Gasteiger partial charge is 0.493 e. The van der Waals surface area contributed by atoms with Crippen LogP contribution in [0.25, 0.3) is 10.9 Å². The van der Waals surface area contributed by atoms with Crippen LogP contribution >= 0.6 is 0 Å². The number of methoxy groups -OCH3 is 2.